The highest BCUT2D eigenvalue weighted by Crippen LogP contribution is 2.27. The molecule has 1 aromatic carbocycles. The fraction of sp³-hybridized carbons (Fsp3) is 0.278. The Hall–Kier alpha value is -2.69. The molecular weight excluding hydrogens is 292 g/mol. The third kappa shape index (κ3) is 3.23. The van der Waals surface area contributed by atoms with Crippen LogP contribution in [0.2, 0.25) is 0 Å². The van der Waals surface area contributed by atoms with Crippen molar-refractivity contribution in [1.82, 2.24) is 9.88 Å². The molecule has 2 heterocycles. The van der Waals surface area contributed by atoms with Gasteiger partial charge in [-0.1, -0.05) is 43.3 Å². The van der Waals surface area contributed by atoms with Crippen LogP contribution in [0.5, 0.6) is 0 Å². The molecule has 1 aromatic heterocycles. The predicted molar refractivity (Wildman–Crippen MR) is 84.7 cm³/mol. The Morgan fingerprint density at radius 1 is 1.13 bits per heavy atom. The maximum absolute atomic E-state index is 12.4. The molecule has 5 heteroatoms. The van der Waals surface area contributed by atoms with E-state index in [9.17, 15) is 9.59 Å². The van der Waals surface area contributed by atoms with Gasteiger partial charge in [-0.2, -0.15) is 0 Å². The number of hydrogen-bond acceptors (Lipinski definition) is 4. The molecule has 2 amide bonds. The number of hydrogen-bond donors (Lipinski definition) is 0. The number of benzene rings is 1. The fourth-order valence-corrected chi connectivity index (χ4v) is 2.52. The Balaban J connectivity index is 1.66. The van der Waals surface area contributed by atoms with Gasteiger partial charge in [0.1, 0.15) is 0 Å². The number of amides is 2. The first kappa shape index (κ1) is 15.2. The summed E-state index contributed by atoms with van der Waals surface area (Å²) in [6.07, 6.45) is 1.86. The highest BCUT2D eigenvalue weighted by atomic mass is 16.6. The summed E-state index contributed by atoms with van der Waals surface area (Å²) in [5, 5.41) is 0. The molecule has 0 spiro atoms. The molecule has 1 atom stereocenters. The second-order valence-corrected chi connectivity index (χ2v) is 5.43. The van der Waals surface area contributed by atoms with Gasteiger partial charge in [-0.05, 0) is 18.1 Å². The van der Waals surface area contributed by atoms with E-state index < -0.39 is 12.2 Å². The molecule has 0 bridgehead atoms. The van der Waals surface area contributed by atoms with Gasteiger partial charge < -0.3 is 4.74 Å². The molecule has 1 fully saturated rings. The molecule has 1 unspecified atom stereocenters. The van der Waals surface area contributed by atoms with Crippen LogP contribution in [0.25, 0.3) is 0 Å². The van der Waals surface area contributed by atoms with Gasteiger partial charge in [-0.3, -0.25) is 9.78 Å². The van der Waals surface area contributed by atoms with Crippen LogP contribution in [-0.2, 0) is 22.4 Å². The molecule has 1 saturated heterocycles. The van der Waals surface area contributed by atoms with Crippen molar-refractivity contribution in [3.63, 3.8) is 0 Å². The topological polar surface area (TPSA) is 59.5 Å². The lowest BCUT2D eigenvalue weighted by molar-refractivity contribution is -0.129. The maximum atomic E-state index is 12.4. The molecule has 0 radical (unpaired) electrons. The summed E-state index contributed by atoms with van der Waals surface area (Å²) in [5.74, 6) is -0.314. The van der Waals surface area contributed by atoms with Gasteiger partial charge in [0.15, 0.2) is 0 Å². The van der Waals surface area contributed by atoms with Crippen molar-refractivity contribution in [3.05, 3.63) is 65.5 Å². The van der Waals surface area contributed by atoms with E-state index in [1.54, 1.807) is 12.1 Å². The van der Waals surface area contributed by atoms with E-state index in [0.29, 0.717) is 12.0 Å². The molecule has 3 rings (SSSR count). The zero-order valence-corrected chi connectivity index (χ0v) is 12.9. The number of carbonyl (C=O) groups excluding carboxylic acids is 2. The van der Waals surface area contributed by atoms with Crippen molar-refractivity contribution in [2.45, 2.75) is 25.9 Å². The fourth-order valence-electron chi connectivity index (χ4n) is 2.52. The number of nitrogens with zero attached hydrogens (tertiary/aromatic N) is 2. The highest BCUT2D eigenvalue weighted by Gasteiger charge is 2.41. The van der Waals surface area contributed by atoms with Crippen LogP contribution in [0.3, 0.4) is 0 Å². The predicted octanol–water partition coefficient (Wildman–Crippen LogP) is 2.91. The largest absolute Gasteiger partial charge is 0.431 e. The van der Waals surface area contributed by atoms with Crippen LogP contribution in [0.15, 0.2) is 48.7 Å². The number of aryl methyl sites for hydroxylation is 1. The number of rotatable bonds is 5. The number of imide groups is 1. The average molecular weight is 310 g/mol. The maximum Gasteiger partial charge on any atom is 0.417 e. The van der Waals surface area contributed by atoms with Gasteiger partial charge >= 0.3 is 6.09 Å². The second kappa shape index (κ2) is 6.60. The van der Waals surface area contributed by atoms with E-state index in [1.807, 2.05) is 36.5 Å². The summed E-state index contributed by atoms with van der Waals surface area (Å²) < 4.78 is 5.21. The normalized spacial score (nSPS) is 17.4. The molecular formula is C18H18N2O3. The standard InChI is InChI=1S/C18H18N2O3/c1-2-13-8-9-15(19-12-13)10-11-20-17(21)16(23-18(20)22)14-6-4-3-5-7-14/h3-9,12,16H,2,10-11H2,1H3. The summed E-state index contributed by atoms with van der Waals surface area (Å²) in [4.78, 5) is 29.9. The van der Waals surface area contributed by atoms with Crippen molar-refractivity contribution in [1.29, 1.82) is 0 Å². The minimum atomic E-state index is -0.834. The summed E-state index contributed by atoms with van der Waals surface area (Å²) in [7, 11) is 0. The Morgan fingerprint density at radius 2 is 1.91 bits per heavy atom. The molecule has 0 N–H and O–H groups in total. The van der Waals surface area contributed by atoms with Gasteiger partial charge in [0, 0.05) is 30.4 Å². The van der Waals surface area contributed by atoms with Crippen LogP contribution >= 0.6 is 0 Å². The van der Waals surface area contributed by atoms with E-state index in [1.165, 1.54) is 0 Å². The molecule has 5 nitrogen and oxygen atoms in total. The second-order valence-electron chi connectivity index (χ2n) is 5.43. The van der Waals surface area contributed by atoms with Crippen LogP contribution < -0.4 is 0 Å². The van der Waals surface area contributed by atoms with Crippen LogP contribution in [-0.4, -0.2) is 28.4 Å². The first-order valence-corrected chi connectivity index (χ1v) is 7.69. The zero-order valence-electron chi connectivity index (χ0n) is 12.9. The number of cyclic esters (lactones) is 1. The number of aromatic nitrogens is 1. The Bertz CT molecular complexity index is 698. The average Bonchev–Trinajstić information content (AvgIpc) is 2.88. The third-order valence-electron chi connectivity index (χ3n) is 3.92. The molecule has 1 aliphatic rings. The van der Waals surface area contributed by atoms with E-state index in [0.717, 1.165) is 22.6 Å². The highest BCUT2D eigenvalue weighted by molar-refractivity contribution is 6.00. The van der Waals surface area contributed by atoms with Gasteiger partial charge in [-0.25, -0.2) is 9.69 Å². The van der Waals surface area contributed by atoms with Gasteiger partial charge in [0.2, 0.25) is 6.10 Å². The number of pyridine rings is 1. The first-order valence-electron chi connectivity index (χ1n) is 7.69. The third-order valence-corrected chi connectivity index (χ3v) is 3.92. The zero-order chi connectivity index (χ0) is 16.2. The van der Waals surface area contributed by atoms with Crippen molar-refractivity contribution < 1.29 is 14.3 Å². The van der Waals surface area contributed by atoms with Crippen molar-refractivity contribution >= 4 is 12.0 Å². The summed E-state index contributed by atoms with van der Waals surface area (Å²) in [6, 6.07) is 13.0. The molecule has 23 heavy (non-hydrogen) atoms. The van der Waals surface area contributed by atoms with E-state index in [2.05, 4.69) is 11.9 Å². The molecule has 1 aliphatic heterocycles. The minimum absolute atomic E-state index is 0.277. The smallest absolute Gasteiger partial charge is 0.417 e. The molecule has 2 aromatic rings. The molecule has 118 valence electrons. The lowest BCUT2D eigenvalue weighted by Crippen LogP contribution is -2.31. The van der Waals surface area contributed by atoms with Crippen molar-refractivity contribution in [2.75, 3.05) is 6.54 Å². The van der Waals surface area contributed by atoms with Gasteiger partial charge in [0.25, 0.3) is 5.91 Å². The van der Waals surface area contributed by atoms with E-state index >= 15 is 0 Å². The Labute approximate surface area is 134 Å². The van der Waals surface area contributed by atoms with Crippen molar-refractivity contribution in [2.24, 2.45) is 0 Å². The van der Waals surface area contributed by atoms with Crippen LogP contribution in [0.4, 0.5) is 4.79 Å². The number of ether oxygens (including phenoxy) is 1. The summed E-state index contributed by atoms with van der Waals surface area (Å²) >= 11 is 0. The first-order chi connectivity index (χ1) is 11.2. The summed E-state index contributed by atoms with van der Waals surface area (Å²) in [6.45, 7) is 2.35. The Kier molecular flexibility index (Phi) is 4.37. The number of carbonyl (C=O) groups is 2. The molecule has 0 aliphatic carbocycles. The van der Waals surface area contributed by atoms with Gasteiger partial charge in [0.05, 0.1) is 0 Å². The lowest BCUT2D eigenvalue weighted by atomic mass is 10.1. The monoisotopic (exact) mass is 310 g/mol. The van der Waals surface area contributed by atoms with E-state index in [-0.39, 0.29) is 12.5 Å². The summed E-state index contributed by atoms with van der Waals surface area (Å²) in [5.41, 5.74) is 2.71. The Morgan fingerprint density at radius 3 is 2.57 bits per heavy atom. The van der Waals surface area contributed by atoms with Crippen LogP contribution in [0, 0.1) is 0 Å². The van der Waals surface area contributed by atoms with Gasteiger partial charge in [-0.15, -0.1) is 0 Å². The minimum Gasteiger partial charge on any atom is -0.431 e. The quantitative estimate of drug-likeness (QED) is 0.852. The van der Waals surface area contributed by atoms with E-state index in [4.69, 9.17) is 4.74 Å². The SMILES string of the molecule is CCc1ccc(CCN2C(=O)OC(c3ccccc3)C2=O)nc1. The lowest BCUT2D eigenvalue weighted by Gasteiger charge is -2.11. The van der Waals surface area contributed by atoms with Crippen molar-refractivity contribution in [3.8, 4) is 0 Å². The molecule has 0 saturated carbocycles. The van der Waals surface area contributed by atoms with Crippen LogP contribution in [0.1, 0.15) is 29.8 Å².